The standard InChI is InChI=1S/C21H29N3O3S2/c1-3-18-5-7-21(28-18)29(25,26)22-15-20(24-10-12-27-13-11-24)16-4-6-19-17(14-16)8-9-23(19)2/h4-7,14,20,22H,3,8-13,15H2,1-2H3. The van der Waals surface area contributed by atoms with Crippen LogP contribution in [-0.4, -0.2) is 59.8 Å². The minimum Gasteiger partial charge on any atom is -0.379 e. The summed E-state index contributed by atoms with van der Waals surface area (Å²) in [5.74, 6) is 0. The van der Waals surface area contributed by atoms with Gasteiger partial charge < -0.3 is 9.64 Å². The number of likely N-dealkylation sites (N-methyl/N-ethyl adjacent to an activating group) is 1. The molecular weight excluding hydrogens is 406 g/mol. The predicted molar refractivity (Wildman–Crippen MR) is 117 cm³/mol. The van der Waals surface area contributed by atoms with E-state index in [1.807, 2.05) is 13.0 Å². The monoisotopic (exact) mass is 435 g/mol. The van der Waals surface area contributed by atoms with Gasteiger partial charge in [0, 0.05) is 49.8 Å². The fraction of sp³-hybridized carbons (Fsp3) is 0.524. The van der Waals surface area contributed by atoms with E-state index in [-0.39, 0.29) is 6.04 Å². The van der Waals surface area contributed by atoms with Crippen molar-refractivity contribution in [2.75, 3.05) is 51.3 Å². The van der Waals surface area contributed by atoms with Gasteiger partial charge in [0.05, 0.1) is 13.2 Å². The number of rotatable bonds is 7. The largest absolute Gasteiger partial charge is 0.379 e. The van der Waals surface area contributed by atoms with Crippen molar-refractivity contribution >= 4 is 27.0 Å². The maximum atomic E-state index is 12.9. The Kier molecular flexibility index (Phi) is 6.27. The van der Waals surface area contributed by atoms with Crippen LogP contribution in [0.15, 0.2) is 34.5 Å². The number of sulfonamides is 1. The molecule has 0 aliphatic carbocycles. The summed E-state index contributed by atoms with van der Waals surface area (Å²) in [6, 6.07) is 10.2. The molecule has 6 nitrogen and oxygen atoms in total. The molecule has 1 atom stereocenters. The lowest BCUT2D eigenvalue weighted by Crippen LogP contribution is -2.43. The maximum absolute atomic E-state index is 12.9. The van der Waals surface area contributed by atoms with Gasteiger partial charge in [0.2, 0.25) is 10.0 Å². The number of anilines is 1. The van der Waals surface area contributed by atoms with E-state index < -0.39 is 10.0 Å². The number of ether oxygens (including phenoxy) is 1. The molecule has 0 radical (unpaired) electrons. The molecule has 2 aliphatic rings. The Morgan fingerprint density at radius 1 is 1.17 bits per heavy atom. The zero-order valence-electron chi connectivity index (χ0n) is 17.1. The molecule has 158 valence electrons. The zero-order valence-corrected chi connectivity index (χ0v) is 18.7. The summed E-state index contributed by atoms with van der Waals surface area (Å²) in [4.78, 5) is 5.68. The third-order valence-corrected chi connectivity index (χ3v) is 8.96. The van der Waals surface area contributed by atoms with Crippen molar-refractivity contribution in [1.82, 2.24) is 9.62 Å². The SMILES string of the molecule is CCc1ccc(S(=O)(=O)NCC(c2ccc3c(c2)CCN3C)N2CCOCC2)s1. The molecule has 1 saturated heterocycles. The lowest BCUT2D eigenvalue weighted by Gasteiger charge is -2.35. The molecule has 1 fully saturated rings. The molecule has 8 heteroatoms. The maximum Gasteiger partial charge on any atom is 0.250 e. The van der Waals surface area contributed by atoms with Gasteiger partial charge >= 0.3 is 0 Å². The fourth-order valence-corrected chi connectivity index (χ4v) is 6.47. The number of nitrogens with one attached hydrogen (secondary N) is 1. The molecule has 0 saturated carbocycles. The second-order valence-electron chi connectivity index (χ2n) is 7.65. The van der Waals surface area contributed by atoms with Crippen LogP contribution in [0.3, 0.4) is 0 Å². The van der Waals surface area contributed by atoms with Crippen molar-refractivity contribution in [2.45, 2.75) is 30.0 Å². The molecule has 0 amide bonds. The third-order valence-electron chi connectivity index (χ3n) is 5.82. The van der Waals surface area contributed by atoms with Crippen molar-refractivity contribution in [2.24, 2.45) is 0 Å². The molecule has 2 aliphatic heterocycles. The van der Waals surface area contributed by atoms with Crippen molar-refractivity contribution in [3.63, 3.8) is 0 Å². The van der Waals surface area contributed by atoms with E-state index >= 15 is 0 Å². The minimum absolute atomic E-state index is 0.00418. The van der Waals surface area contributed by atoms with Crippen LogP contribution in [0.25, 0.3) is 0 Å². The first-order valence-corrected chi connectivity index (χ1v) is 12.5. The number of hydrogen-bond donors (Lipinski definition) is 1. The van der Waals surface area contributed by atoms with Crippen LogP contribution in [0.1, 0.15) is 29.0 Å². The van der Waals surface area contributed by atoms with Crippen molar-refractivity contribution in [1.29, 1.82) is 0 Å². The lowest BCUT2D eigenvalue weighted by molar-refractivity contribution is 0.0172. The highest BCUT2D eigenvalue weighted by Gasteiger charge is 2.27. The van der Waals surface area contributed by atoms with Crippen LogP contribution in [0.5, 0.6) is 0 Å². The highest BCUT2D eigenvalue weighted by atomic mass is 32.2. The van der Waals surface area contributed by atoms with Crippen LogP contribution >= 0.6 is 11.3 Å². The second kappa shape index (κ2) is 8.73. The quantitative estimate of drug-likeness (QED) is 0.725. The molecule has 29 heavy (non-hydrogen) atoms. The molecule has 1 N–H and O–H groups in total. The smallest absolute Gasteiger partial charge is 0.250 e. The molecule has 2 aromatic rings. The van der Waals surface area contributed by atoms with Gasteiger partial charge in [-0.05, 0) is 42.2 Å². The van der Waals surface area contributed by atoms with E-state index in [4.69, 9.17) is 4.74 Å². The van der Waals surface area contributed by atoms with E-state index in [0.717, 1.165) is 37.4 Å². The lowest BCUT2D eigenvalue weighted by atomic mass is 10.0. The number of thiophene rings is 1. The Hall–Kier alpha value is -1.45. The summed E-state index contributed by atoms with van der Waals surface area (Å²) in [7, 11) is -1.39. The summed E-state index contributed by atoms with van der Waals surface area (Å²) in [5.41, 5.74) is 3.79. The Morgan fingerprint density at radius 2 is 1.97 bits per heavy atom. The summed E-state index contributed by atoms with van der Waals surface area (Å²) in [6.45, 7) is 6.41. The van der Waals surface area contributed by atoms with Crippen LogP contribution < -0.4 is 9.62 Å². The average Bonchev–Trinajstić information content (AvgIpc) is 3.36. The third kappa shape index (κ3) is 4.51. The van der Waals surface area contributed by atoms with Gasteiger partial charge in [-0.15, -0.1) is 11.3 Å². The summed E-state index contributed by atoms with van der Waals surface area (Å²) in [5, 5.41) is 0. The molecule has 1 aromatic heterocycles. The topological polar surface area (TPSA) is 61.9 Å². The molecule has 1 unspecified atom stereocenters. The first-order valence-electron chi connectivity index (χ1n) is 10.2. The first-order chi connectivity index (χ1) is 14.0. The first kappa shape index (κ1) is 20.8. The van der Waals surface area contributed by atoms with Gasteiger partial charge in [-0.1, -0.05) is 19.1 Å². The average molecular weight is 436 g/mol. The summed E-state index contributed by atoms with van der Waals surface area (Å²) in [6.07, 6.45) is 1.89. The molecule has 1 aromatic carbocycles. The van der Waals surface area contributed by atoms with Crippen molar-refractivity contribution < 1.29 is 13.2 Å². The molecule has 4 rings (SSSR count). The molecule has 0 bridgehead atoms. The van der Waals surface area contributed by atoms with Crippen molar-refractivity contribution in [3.8, 4) is 0 Å². The Morgan fingerprint density at radius 3 is 2.69 bits per heavy atom. The number of fused-ring (bicyclic) bond motifs is 1. The van der Waals surface area contributed by atoms with E-state index in [9.17, 15) is 8.42 Å². The molecule has 0 spiro atoms. The van der Waals surface area contributed by atoms with Crippen molar-refractivity contribution in [3.05, 3.63) is 46.3 Å². The van der Waals surface area contributed by atoms with Gasteiger partial charge in [-0.25, -0.2) is 13.1 Å². The second-order valence-corrected chi connectivity index (χ2v) is 10.8. The normalized spacial score (nSPS) is 18.8. The molecular formula is C21H29N3O3S2. The Balaban J connectivity index is 1.56. The summed E-state index contributed by atoms with van der Waals surface area (Å²) < 4.78 is 34.5. The minimum atomic E-state index is -3.51. The highest BCUT2D eigenvalue weighted by Crippen LogP contribution is 2.31. The number of benzene rings is 1. The number of nitrogens with zero attached hydrogens (tertiary/aromatic N) is 2. The van der Waals surface area contributed by atoms with Gasteiger partial charge in [-0.3, -0.25) is 4.90 Å². The van der Waals surface area contributed by atoms with Crippen LogP contribution in [0, 0.1) is 0 Å². The zero-order chi connectivity index (χ0) is 20.4. The summed E-state index contributed by atoms with van der Waals surface area (Å²) >= 11 is 1.35. The van der Waals surface area contributed by atoms with E-state index in [1.165, 1.54) is 28.2 Å². The number of morpholine rings is 1. The van der Waals surface area contributed by atoms with Gasteiger partial charge in [0.25, 0.3) is 0 Å². The highest BCUT2D eigenvalue weighted by molar-refractivity contribution is 7.91. The van der Waals surface area contributed by atoms with Crippen LogP contribution in [0.2, 0.25) is 0 Å². The van der Waals surface area contributed by atoms with E-state index in [2.05, 4.69) is 39.8 Å². The van der Waals surface area contributed by atoms with E-state index in [0.29, 0.717) is 24.0 Å². The van der Waals surface area contributed by atoms with Gasteiger partial charge in [0.15, 0.2) is 0 Å². The fourth-order valence-electron chi connectivity index (χ4n) is 4.09. The van der Waals surface area contributed by atoms with Crippen LogP contribution in [0.4, 0.5) is 5.69 Å². The Bertz CT molecular complexity index is 952. The van der Waals surface area contributed by atoms with Gasteiger partial charge in [0.1, 0.15) is 4.21 Å². The van der Waals surface area contributed by atoms with E-state index in [1.54, 1.807) is 6.07 Å². The number of hydrogen-bond acceptors (Lipinski definition) is 6. The van der Waals surface area contributed by atoms with Crippen LogP contribution in [-0.2, 0) is 27.6 Å². The Labute approximate surface area is 177 Å². The molecule has 3 heterocycles. The predicted octanol–water partition coefficient (Wildman–Crippen LogP) is 2.65. The number of aryl methyl sites for hydroxylation is 1. The van der Waals surface area contributed by atoms with Gasteiger partial charge in [-0.2, -0.15) is 0 Å².